The lowest BCUT2D eigenvalue weighted by Gasteiger charge is -2.12. The zero-order valence-corrected chi connectivity index (χ0v) is 18.5. The van der Waals surface area contributed by atoms with Crippen LogP contribution in [-0.2, 0) is 16.1 Å². The van der Waals surface area contributed by atoms with Gasteiger partial charge in [-0.3, -0.25) is 29.4 Å². The SMILES string of the molecule is O=C(Cn1c(-c2ccccc2)cc2ccccc21)NCC(=O)Nc1cccc2c(=O)[nH][nH]c(=O)c12. The van der Waals surface area contributed by atoms with Gasteiger partial charge in [-0.25, -0.2) is 0 Å². The molecule has 5 rings (SSSR count). The van der Waals surface area contributed by atoms with E-state index >= 15 is 0 Å². The molecule has 0 unspecified atom stereocenters. The molecule has 0 saturated heterocycles. The number of anilines is 1. The molecule has 2 amide bonds. The standard InChI is InChI=1S/C26H21N5O4/c32-22(28-19-11-6-10-18-24(19)26(35)30-29-25(18)34)14-27-23(33)15-31-20-12-5-4-9-17(20)13-21(31)16-7-2-1-3-8-16/h1-13H,14-15H2,(H,27,33)(H,28,32)(H,29,34)(H,30,35). The maximum Gasteiger partial charge on any atom is 0.272 e. The van der Waals surface area contributed by atoms with E-state index in [1.54, 1.807) is 6.07 Å². The van der Waals surface area contributed by atoms with Crippen LogP contribution in [0.4, 0.5) is 5.69 Å². The van der Waals surface area contributed by atoms with Crippen LogP contribution in [0.2, 0.25) is 0 Å². The van der Waals surface area contributed by atoms with Crippen LogP contribution in [-0.4, -0.2) is 33.1 Å². The van der Waals surface area contributed by atoms with Gasteiger partial charge in [0.2, 0.25) is 11.8 Å². The molecule has 2 aromatic heterocycles. The summed E-state index contributed by atoms with van der Waals surface area (Å²) in [5.41, 5.74) is 1.96. The number of rotatable bonds is 6. The number of carbonyl (C=O) groups is 2. The second kappa shape index (κ2) is 9.14. The van der Waals surface area contributed by atoms with E-state index in [-0.39, 0.29) is 35.5 Å². The van der Waals surface area contributed by atoms with Crippen LogP contribution in [0.15, 0.2) is 88.5 Å². The van der Waals surface area contributed by atoms with E-state index in [4.69, 9.17) is 0 Å². The first-order valence-corrected chi connectivity index (χ1v) is 10.9. The molecular weight excluding hydrogens is 446 g/mol. The normalized spacial score (nSPS) is 11.0. The fourth-order valence-electron chi connectivity index (χ4n) is 4.14. The molecule has 2 heterocycles. The molecule has 0 saturated carbocycles. The second-order valence-electron chi connectivity index (χ2n) is 8.00. The molecule has 174 valence electrons. The lowest BCUT2D eigenvalue weighted by Crippen LogP contribution is -2.35. The topological polar surface area (TPSA) is 129 Å². The number of amides is 2. The van der Waals surface area contributed by atoms with Crippen molar-refractivity contribution >= 4 is 39.2 Å². The number of aromatic amines is 2. The molecule has 0 atom stereocenters. The highest BCUT2D eigenvalue weighted by Crippen LogP contribution is 2.28. The Morgan fingerprint density at radius 3 is 2.37 bits per heavy atom. The van der Waals surface area contributed by atoms with Gasteiger partial charge in [0, 0.05) is 16.6 Å². The van der Waals surface area contributed by atoms with E-state index < -0.39 is 17.0 Å². The number of H-pyrrole nitrogens is 2. The summed E-state index contributed by atoms with van der Waals surface area (Å²) >= 11 is 0. The molecule has 0 spiro atoms. The van der Waals surface area contributed by atoms with Gasteiger partial charge in [-0.15, -0.1) is 0 Å². The van der Waals surface area contributed by atoms with Gasteiger partial charge in [0.15, 0.2) is 0 Å². The number of nitrogens with zero attached hydrogens (tertiary/aromatic N) is 1. The van der Waals surface area contributed by atoms with Crippen LogP contribution in [0.25, 0.3) is 32.9 Å². The minimum absolute atomic E-state index is 0.0222. The van der Waals surface area contributed by atoms with Crippen LogP contribution < -0.4 is 21.8 Å². The van der Waals surface area contributed by atoms with E-state index in [1.807, 2.05) is 65.2 Å². The van der Waals surface area contributed by atoms with Crippen LogP contribution in [0, 0.1) is 0 Å². The van der Waals surface area contributed by atoms with Crippen molar-refractivity contribution in [3.63, 3.8) is 0 Å². The summed E-state index contributed by atoms with van der Waals surface area (Å²) in [4.78, 5) is 49.5. The Balaban J connectivity index is 1.32. The predicted molar refractivity (Wildman–Crippen MR) is 134 cm³/mol. The van der Waals surface area contributed by atoms with E-state index in [9.17, 15) is 19.2 Å². The summed E-state index contributed by atoms with van der Waals surface area (Å²) in [6.07, 6.45) is 0. The maximum absolute atomic E-state index is 12.8. The Kier molecular flexibility index (Phi) is 5.72. The van der Waals surface area contributed by atoms with Gasteiger partial charge >= 0.3 is 0 Å². The molecular formula is C26H21N5O4. The third-order valence-electron chi connectivity index (χ3n) is 5.73. The van der Waals surface area contributed by atoms with E-state index in [0.29, 0.717) is 0 Å². The van der Waals surface area contributed by atoms with Gasteiger partial charge in [-0.05, 0) is 29.8 Å². The van der Waals surface area contributed by atoms with Crippen LogP contribution in [0.3, 0.4) is 0 Å². The number of fused-ring (bicyclic) bond motifs is 2. The molecule has 0 bridgehead atoms. The monoisotopic (exact) mass is 467 g/mol. The number of hydrogen-bond donors (Lipinski definition) is 4. The van der Waals surface area contributed by atoms with Crippen LogP contribution in [0.1, 0.15) is 0 Å². The first-order chi connectivity index (χ1) is 17.0. The quantitative estimate of drug-likeness (QED) is 0.306. The predicted octanol–water partition coefficient (Wildman–Crippen LogP) is 2.59. The molecule has 9 heteroatoms. The Morgan fingerprint density at radius 1 is 0.800 bits per heavy atom. The number of carbonyl (C=O) groups excluding carboxylic acids is 2. The number of para-hydroxylation sites is 1. The highest BCUT2D eigenvalue weighted by molar-refractivity contribution is 6.02. The summed E-state index contributed by atoms with van der Waals surface area (Å²) in [7, 11) is 0. The number of hydrogen-bond acceptors (Lipinski definition) is 4. The number of nitrogens with one attached hydrogen (secondary N) is 4. The van der Waals surface area contributed by atoms with Crippen molar-refractivity contribution in [1.29, 1.82) is 0 Å². The maximum atomic E-state index is 12.8. The minimum atomic E-state index is -0.535. The summed E-state index contributed by atoms with van der Waals surface area (Å²) < 4.78 is 1.91. The zero-order chi connectivity index (χ0) is 24.4. The highest BCUT2D eigenvalue weighted by atomic mass is 16.2. The van der Waals surface area contributed by atoms with Gasteiger partial charge in [0.25, 0.3) is 11.1 Å². The third-order valence-corrected chi connectivity index (χ3v) is 5.73. The summed E-state index contributed by atoms with van der Waals surface area (Å²) in [5.74, 6) is -0.864. The molecule has 3 aromatic carbocycles. The number of aromatic nitrogens is 3. The summed E-state index contributed by atoms with van der Waals surface area (Å²) in [5, 5.41) is 11.0. The lowest BCUT2D eigenvalue weighted by molar-refractivity contribution is -0.124. The Labute approximate surface area is 198 Å². The van der Waals surface area contributed by atoms with Gasteiger partial charge < -0.3 is 15.2 Å². The fraction of sp³-hybridized carbons (Fsp3) is 0.0769. The van der Waals surface area contributed by atoms with Crippen molar-refractivity contribution in [2.45, 2.75) is 6.54 Å². The smallest absolute Gasteiger partial charge is 0.272 e. The van der Waals surface area contributed by atoms with Crippen molar-refractivity contribution < 1.29 is 9.59 Å². The molecule has 0 aliphatic rings. The Hall–Kier alpha value is -4.92. The average molecular weight is 467 g/mol. The van der Waals surface area contributed by atoms with Gasteiger partial charge in [-0.1, -0.05) is 54.6 Å². The largest absolute Gasteiger partial charge is 0.345 e. The van der Waals surface area contributed by atoms with Crippen molar-refractivity contribution in [2.75, 3.05) is 11.9 Å². The third kappa shape index (κ3) is 4.34. The van der Waals surface area contributed by atoms with Gasteiger partial charge in [-0.2, -0.15) is 0 Å². The highest BCUT2D eigenvalue weighted by Gasteiger charge is 2.15. The summed E-state index contributed by atoms with van der Waals surface area (Å²) in [6, 6.07) is 24.2. The molecule has 0 aliphatic carbocycles. The molecule has 0 aliphatic heterocycles. The first kappa shape index (κ1) is 21.9. The van der Waals surface area contributed by atoms with E-state index in [2.05, 4.69) is 20.8 Å². The lowest BCUT2D eigenvalue weighted by atomic mass is 10.1. The van der Waals surface area contributed by atoms with Gasteiger partial charge in [0.1, 0.15) is 6.54 Å². The van der Waals surface area contributed by atoms with Crippen molar-refractivity contribution in [3.05, 3.63) is 99.6 Å². The molecule has 9 nitrogen and oxygen atoms in total. The number of benzene rings is 3. The van der Waals surface area contributed by atoms with Crippen LogP contribution in [0.5, 0.6) is 0 Å². The zero-order valence-electron chi connectivity index (χ0n) is 18.5. The van der Waals surface area contributed by atoms with Crippen LogP contribution >= 0.6 is 0 Å². The van der Waals surface area contributed by atoms with E-state index in [0.717, 1.165) is 22.2 Å². The Morgan fingerprint density at radius 2 is 1.54 bits per heavy atom. The molecule has 5 aromatic rings. The average Bonchev–Trinajstić information content (AvgIpc) is 3.24. The Bertz CT molecular complexity index is 1680. The van der Waals surface area contributed by atoms with Crippen molar-refractivity contribution in [3.8, 4) is 11.3 Å². The fourth-order valence-corrected chi connectivity index (χ4v) is 4.14. The molecule has 0 fully saturated rings. The minimum Gasteiger partial charge on any atom is -0.345 e. The van der Waals surface area contributed by atoms with Crippen molar-refractivity contribution in [2.24, 2.45) is 0 Å². The molecule has 4 N–H and O–H groups in total. The van der Waals surface area contributed by atoms with Crippen molar-refractivity contribution in [1.82, 2.24) is 20.1 Å². The molecule has 0 radical (unpaired) electrons. The second-order valence-corrected chi connectivity index (χ2v) is 8.00. The summed E-state index contributed by atoms with van der Waals surface area (Å²) in [6.45, 7) is -0.273. The van der Waals surface area contributed by atoms with E-state index in [1.165, 1.54) is 12.1 Å². The van der Waals surface area contributed by atoms with Gasteiger partial charge in [0.05, 0.1) is 23.0 Å². The molecule has 35 heavy (non-hydrogen) atoms. The first-order valence-electron chi connectivity index (χ1n) is 10.9.